The third kappa shape index (κ3) is 1.94. The molecule has 1 N–H and O–H groups in total. The van der Waals surface area contributed by atoms with Crippen LogP contribution in [-0.4, -0.2) is 19.4 Å². The summed E-state index contributed by atoms with van der Waals surface area (Å²) in [5.74, 6) is 0. The Morgan fingerprint density at radius 3 is 2.45 bits per heavy atom. The zero-order valence-corrected chi connectivity index (χ0v) is 7.81. The van der Waals surface area contributed by atoms with Gasteiger partial charge < -0.3 is 4.74 Å². The summed E-state index contributed by atoms with van der Waals surface area (Å²) in [5.41, 5.74) is 0.409. The van der Waals surface area contributed by atoms with Crippen LogP contribution in [0.1, 0.15) is 33.6 Å². The molecule has 1 unspecified atom stereocenters. The minimum atomic E-state index is 0.251. The normalized spacial score (nSPS) is 30.3. The van der Waals surface area contributed by atoms with Gasteiger partial charge in [-0.3, -0.25) is 5.32 Å². The van der Waals surface area contributed by atoms with Crippen LogP contribution in [0, 0.1) is 5.41 Å². The molecule has 0 aromatic rings. The molecule has 1 rings (SSSR count). The average molecular weight is 157 g/mol. The van der Waals surface area contributed by atoms with Crippen molar-refractivity contribution in [1.29, 1.82) is 0 Å². The van der Waals surface area contributed by atoms with Gasteiger partial charge in [0.25, 0.3) is 0 Å². The Kier molecular flexibility index (Phi) is 2.90. The number of nitrogens with one attached hydrogen (secondary N) is 1. The lowest BCUT2D eigenvalue weighted by Crippen LogP contribution is -2.48. The molecule has 1 heterocycles. The highest BCUT2D eigenvalue weighted by molar-refractivity contribution is 4.82. The molecule has 0 saturated carbocycles. The first-order valence-electron chi connectivity index (χ1n) is 4.57. The second-order valence-electron chi connectivity index (χ2n) is 3.54. The van der Waals surface area contributed by atoms with Crippen LogP contribution in [-0.2, 0) is 4.74 Å². The average Bonchev–Trinajstić information content (AvgIpc) is 2.07. The van der Waals surface area contributed by atoms with Crippen molar-refractivity contribution in [3.63, 3.8) is 0 Å². The molecule has 0 amide bonds. The third-order valence-electron chi connectivity index (χ3n) is 2.90. The molecule has 1 fully saturated rings. The summed E-state index contributed by atoms with van der Waals surface area (Å²) in [6.45, 7) is 8.58. The molecule has 66 valence electrons. The van der Waals surface area contributed by atoms with Crippen LogP contribution in [0.3, 0.4) is 0 Å². The molecule has 1 aliphatic heterocycles. The predicted molar refractivity (Wildman–Crippen MR) is 46.4 cm³/mol. The molecule has 0 aromatic heterocycles. The van der Waals surface area contributed by atoms with Gasteiger partial charge >= 0.3 is 0 Å². The Morgan fingerprint density at radius 2 is 2.09 bits per heavy atom. The van der Waals surface area contributed by atoms with E-state index in [4.69, 9.17) is 4.74 Å². The summed E-state index contributed by atoms with van der Waals surface area (Å²) in [7, 11) is 0. The van der Waals surface area contributed by atoms with Gasteiger partial charge in [-0.15, -0.1) is 0 Å². The van der Waals surface area contributed by atoms with E-state index in [1.807, 2.05) is 0 Å². The highest BCUT2D eigenvalue weighted by atomic mass is 16.5. The van der Waals surface area contributed by atoms with E-state index < -0.39 is 0 Å². The summed E-state index contributed by atoms with van der Waals surface area (Å²) >= 11 is 0. The van der Waals surface area contributed by atoms with Gasteiger partial charge in [0.2, 0.25) is 0 Å². The molecule has 0 bridgehead atoms. The first kappa shape index (κ1) is 9.01. The van der Waals surface area contributed by atoms with E-state index in [1.54, 1.807) is 0 Å². The van der Waals surface area contributed by atoms with Gasteiger partial charge in [-0.2, -0.15) is 0 Å². The molecule has 0 spiro atoms. The molecule has 1 atom stereocenters. The molecule has 1 saturated heterocycles. The van der Waals surface area contributed by atoms with Crippen molar-refractivity contribution in [3.05, 3.63) is 0 Å². The lowest BCUT2D eigenvalue weighted by atomic mass is 9.82. The van der Waals surface area contributed by atoms with E-state index in [0.29, 0.717) is 5.41 Å². The van der Waals surface area contributed by atoms with Crippen molar-refractivity contribution < 1.29 is 4.74 Å². The van der Waals surface area contributed by atoms with Crippen LogP contribution >= 0.6 is 0 Å². The SMILES string of the molecule is CCC1(CC)CNC(C)OC1. The van der Waals surface area contributed by atoms with Gasteiger partial charge in [0.05, 0.1) is 6.61 Å². The van der Waals surface area contributed by atoms with Crippen LogP contribution in [0.25, 0.3) is 0 Å². The van der Waals surface area contributed by atoms with Crippen LogP contribution in [0.4, 0.5) is 0 Å². The fraction of sp³-hybridized carbons (Fsp3) is 1.00. The summed E-state index contributed by atoms with van der Waals surface area (Å²) in [4.78, 5) is 0. The molecular formula is C9H19NO. The first-order chi connectivity index (χ1) is 5.22. The van der Waals surface area contributed by atoms with Crippen molar-refractivity contribution >= 4 is 0 Å². The van der Waals surface area contributed by atoms with Crippen molar-refractivity contribution in [2.75, 3.05) is 13.2 Å². The molecule has 0 radical (unpaired) electrons. The van der Waals surface area contributed by atoms with Crippen molar-refractivity contribution in [3.8, 4) is 0 Å². The van der Waals surface area contributed by atoms with Crippen molar-refractivity contribution in [1.82, 2.24) is 5.32 Å². The van der Waals surface area contributed by atoms with Crippen molar-refractivity contribution in [2.45, 2.75) is 39.8 Å². The minimum Gasteiger partial charge on any atom is -0.363 e. The van der Waals surface area contributed by atoms with E-state index in [2.05, 4.69) is 26.1 Å². The maximum Gasteiger partial charge on any atom is 0.105 e. The standard InChI is InChI=1S/C9H19NO/c1-4-9(5-2)6-10-8(3)11-7-9/h8,10H,4-7H2,1-3H3. The van der Waals surface area contributed by atoms with E-state index in [-0.39, 0.29) is 6.23 Å². The van der Waals surface area contributed by atoms with Gasteiger partial charge in [0.15, 0.2) is 0 Å². The maximum atomic E-state index is 5.56. The second kappa shape index (κ2) is 3.55. The van der Waals surface area contributed by atoms with E-state index in [1.165, 1.54) is 12.8 Å². The minimum absolute atomic E-state index is 0.251. The first-order valence-corrected chi connectivity index (χ1v) is 4.57. The second-order valence-corrected chi connectivity index (χ2v) is 3.54. The Morgan fingerprint density at radius 1 is 1.45 bits per heavy atom. The Hall–Kier alpha value is -0.0800. The molecule has 11 heavy (non-hydrogen) atoms. The van der Waals surface area contributed by atoms with Crippen LogP contribution in [0.5, 0.6) is 0 Å². The van der Waals surface area contributed by atoms with E-state index in [9.17, 15) is 0 Å². The number of hydrogen-bond donors (Lipinski definition) is 1. The zero-order valence-electron chi connectivity index (χ0n) is 7.81. The number of ether oxygens (including phenoxy) is 1. The Balaban J connectivity index is 2.45. The molecule has 1 aliphatic rings. The zero-order chi connectivity index (χ0) is 8.32. The topological polar surface area (TPSA) is 21.3 Å². The third-order valence-corrected chi connectivity index (χ3v) is 2.90. The highest BCUT2D eigenvalue weighted by Crippen LogP contribution is 2.28. The molecule has 0 aromatic carbocycles. The highest BCUT2D eigenvalue weighted by Gasteiger charge is 2.30. The molecule has 0 aliphatic carbocycles. The Labute approximate surface area is 69.3 Å². The smallest absolute Gasteiger partial charge is 0.105 e. The lowest BCUT2D eigenvalue weighted by molar-refractivity contribution is -0.0648. The maximum absolute atomic E-state index is 5.56. The molecular weight excluding hydrogens is 138 g/mol. The van der Waals surface area contributed by atoms with Gasteiger partial charge in [-0.1, -0.05) is 13.8 Å². The van der Waals surface area contributed by atoms with Crippen LogP contribution < -0.4 is 5.32 Å². The van der Waals surface area contributed by atoms with Gasteiger partial charge in [-0.25, -0.2) is 0 Å². The molecule has 2 heteroatoms. The van der Waals surface area contributed by atoms with Gasteiger partial charge in [-0.05, 0) is 19.8 Å². The summed E-state index contributed by atoms with van der Waals surface area (Å²) in [6.07, 6.45) is 2.67. The van der Waals surface area contributed by atoms with Crippen molar-refractivity contribution in [2.24, 2.45) is 5.41 Å². The number of rotatable bonds is 2. The van der Waals surface area contributed by atoms with E-state index >= 15 is 0 Å². The van der Waals surface area contributed by atoms with E-state index in [0.717, 1.165) is 13.2 Å². The summed E-state index contributed by atoms with van der Waals surface area (Å²) in [6, 6.07) is 0. The van der Waals surface area contributed by atoms with Crippen LogP contribution in [0.2, 0.25) is 0 Å². The largest absolute Gasteiger partial charge is 0.363 e. The van der Waals surface area contributed by atoms with Crippen LogP contribution in [0.15, 0.2) is 0 Å². The Bertz CT molecular complexity index is 111. The monoisotopic (exact) mass is 157 g/mol. The fourth-order valence-electron chi connectivity index (χ4n) is 1.48. The quantitative estimate of drug-likeness (QED) is 0.659. The number of hydrogen-bond acceptors (Lipinski definition) is 2. The lowest BCUT2D eigenvalue weighted by Gasteiger charge is -2.38. The molecule has 2 nitrogen and oxygen atoms in total. The summed E-state index contributed by atoms with van der Waals surface area (Å²) in [5, 5.41) is 3.35. The summed E-state index contributed by atoms with van der Waals surface area (Å²) < 4.78 is 5.56. The van der Waals surface area contributed by atoms with Gasteiger partial charge in [0, 0.05) is 12.0 Å². The predicted octanol–water partition coefficient (Wildman–Crippen LogP) is 1.76. The fourth-order valence-corrected chi connectivity index (χ4v) is 1.48. The van der Waals surface area contributed by atoms with Gasteiger partial charge in [0.1, 0.15) is 6.23 Å².